The first-order valence-corrected chi connectivity index (χ1v) is 8.73. The van der Waals surface area contributed by atoms with Gasteiger partial charge in [-0.05, 0) is 43.2 Å². The van der Waals surface area contributed by atoms with E-state index in [1.54, 1.807) is 0 Å². The topological polar surface area (TPSA) is 21.3 Å². The van der Waals surface area contributed by atoms with Crippen LogP contribution in [0.3, 0.4) is 0 Å². The Hall–Kier alpha value is -0.190. The van der Waals surface area contributed by atoms with Crippen molar-refractivity contribution in [1.29, 1.82) is 0 Å². The summed E-state index contributed by atoms with van der Waals surface area (Å²) in [5.74, 6) is 2.42. The minimum atomic E-state index is 0.427. The Bertz CT molecular complexity index is 471. The zero-order valence-corrected chi connectivity index (χ0v) is 13.7. The maximum Gasteiger partial charge on any atom is 0.127 e. The van der Waals surface area contributed by atoms with Gasteiger partial charge < -0.3 is 10.1 Å². The molecule has 2 nitrogen and oxygen atoms in total. The van der Waals surface area contributed by atoms with Crippen LogP contribution in [0.2, 0.25) is 0 Å². The predicted molar refractivity (Wildman–Crippen MR) is 85.1 cm³/mol. The minimum absolute atomic E-state index is 0.427. The van der Waals surface area contributed by atoms with Crippen molar-refractivity contribution in [2.24, 2.45) is 0 Å². The molecule has 3 rings (SSSR count). The summed E-state index contributed by atoms with van der Waals surface area (Å²) in [6.07, 6.45) is 3.73. The van der Waals surface area contributed by atoms with Crippen LogP contribution in [0.15, 0.2) is 16.6 Å². The van der Waals surface area contributed by atoms with Gasteiger partial charge in [-0.1, -0.05) is 15.9 Å². The van der Waals surface area contributed by atoms with Gasteiger partial charge >= 0.3 is 0 Å². The van der Waals surface area contributed by atoms with Gasteiger partial charge in [-0.2, -0.15) is 11.8 Å². The van der Waals surface area contributed by atoms with E-state index in [2.05, 4.69) is 52.1 Å². The van der Waals surface area contributed by atoms with E-state index in [9.17, 15) is 0 Å². The summed E-state index contributed by atoms with van der Waals surface area (Å²) in [7, 11) is 0. The fourth-order valence-corrected chi connectivity index (χ4v) is 4.74. The van der Waals surface area contributed by atoms with Crippen LogP contribution in [-0.4, -0.2) is 23.7 Å². The van der Waals surface area contributed by atoms with Crippen LogP contribution in [0.4, 0.5) is 0 Å². The molecule has 1 aromatic carbocycles. The van der Waals surface area contributed by atoms with Gasteiger partial charge in [-0.15, -0.1) is 0 Å². The summed E-state index contributed by atoms with van der Waals surface area (Å²) in [5.41, 5.74) is 2.63. The third-order valence-corrected chi connectivity index (χ3v) is 5.94. The van der Waals surface area contributed by atoms with Crippen LogP contribution in [0.25, 0.3) is 0 Å². The van der Waals surface area contributed by atoms with Crippen LogP contribution in [0.5, 0.6) is 5.75 Å². The zero-order valence-electron chi connectivity index (χ0n) is 11.3. The number of nitrogens with one attached hydrogen (secondary N) is 1. The second-order valence-corrected chi connectivity index (χ2v) is 8.26. The number of rotatable bonds is 4. The summed E-state index contributed by atoms with van der Waals surface area (Å²) in [6.45, 7) is 5.18. The molecule has 19 heavy (non-hydrogen) atoms. The van der Waals surface area contributed by atoms with Crippen molar-refractivity contribution < 1.29 is 4.74 Å². The normalized spacial score (nSPS) is 25.4. The van der Waals surface area contributed by atoms with Crippen LogP contribution < -0.4 is 10.1 Å². The molecule has 0 bridgehead atoms. The molecule has 2 aliphatic rings. The first-order chi connectivity index (χ1) is 9.16. The lowest BCUT2D eigenvalue weighted by molar-refractivity contribution is 0.352. The maximum atomic E-state index is 5.77. The molecule has 1 N–H and O–H groups in total. The van der Waals surface area contributed by atoms with Gasteiger partial charge in [0.15, 0.2) is 0 Å². The highest BCUT2D eigenvalue weighted by molar-refractivity contribution is 9.10. The Morgan fingerprint density at radius 1 is 1.47 bits per heavy atom. The number of halogens is 1. The lowest BCUT2D eigenvalue weighted by Gasteiger charge is -2.23. The Kier molecular flexibility index (Phi) is 4.11. The van der Waals surface area contributed by atoms with E-state index in [-0.39, 0.29) is 0 Å². The Balaban J connectivity index is 1.64. The molecule has 2 aliphatic heterocycles. The summed E-state index contributed by atoms with van der Waals surface area (Å²) in [4.78, 5) is 0. The van der Waals surface area contributed by atoms with Gasteiger partial charge in [-0.25, -0.2) is 0 Å². The van der Waals surface area contributed by atoms with E-state index >= 15 is 0 Å². The molecule has 104 valence electrons. The maximum absolute atomic E-state index is 5.77. The van der Waals surface area contributed by atoms with Gasteiger partial charge in [0.05, 0.1) is 6.61 Å². The van der Waals surface area contributed by atoms with Crippen LogP contribution in [-0.2, 0) is 13.0 Å². The Labute approximate surface area is 127 Å². The van der Waals surface area contributed by atoms with Crippen molar-refractivity contribution in [3.8, 4) is 5.75 Å². The molecule has 4 heteroatoms. The van der Waals surface area contributed by atoms with Crippen LogP contribution >= 0.6 is 27.7 Å². The number of fused-ring (bicyclic) bond motifs is 1. The van der Waals surface area contributed by atoms with Crippen molar-refractivity contribution in [2.45, 2.75) is 37.5 Å². The standard InChI is InChI=1S/C15H20BrNOS/c1-15(4-2-6-19-15)10-17-9-12-8-13(16)7-11-3-5-18-14(11)12/h7-8,17H,2-6,9-10H2,1H3. The number of ether oxygens (including phenoxy) is 1. The van der Waals surface area contributed by atoms with Crippen molar-refractivity contribution in [3.05, 3.63) is 27.7 Å². The molecular formula is C15H20BrNOS. The van der Waals surface area contributed by atoms with Crippen molar-refractivity contribution in [2.75, 3.05) is 18.9 Å². The predicted octanol–water partition coefficient (Wildman–Crippen LogP) is 3.76. The monoisotopic (exact) mass is 341 g/mol. The van der Waals surface area contributed by atoms with Gasteiger partial charge in [0.2, 0.25) is 0 Å². The molecule has 2 heterocycles. The van der Waals surface area contributed by atoms with E-state index in [0.717, 1.165) is 36.3 Å². The summed E-state index contributed by atoms with van der Waals surface area (Å²) in [6, 6.07) is 4.36. The lowest BCUT2D eigenvalue weighted by atomic mass is 10.1. The molecule has 1 aromatic rings. The molecule has 1 fully saturated rings. The minimum Gasteiger partial charge on any atom is -0.493 e. The second-order valence-electron chi connectivity index (χ2n) is 5.66. The number of benzene rings is 1. The lowest BCUT2D eigenvalue weighted by Crippen LogP contribution is -2.32. The highest BCUT2D eigenvalue weighted by atomic mass is 79.9. The first kappa shape index (κ1) is 13.8. The highest BCUT2D eigenvalue weighted by Gasteiger charge is 2.29. The van der Waals surface area contributed by atoms with Gasteiger partial charge in [-0.3, -0.25) is 0 Å². The van der Waals surface area contributed by atoms with E-state index in [0.29, 0.717) is 4.75 Å². The van der Waals surface area contributed by atoms with E-state index in [1.165, 1.54) is 29.7 Å². The Morgan fingerprint density at radius 2 is 2.37 bits per heavy atom. The van der Waals surface area contributed by atoms with E-state index < -0.39 is 0 Å². The molecule has 1 saturated heterocycles. The molecule has 0 aliphatic carbocycles. The molecule has 0 spiro atoms. The Morgan fingerprint density at radius 3 is 3.16 bits per heavy atom. The molecule has 0 aromatic heterocycles. The summed E-state index contributed by atoms with van der Waals surface area (Å²) >= 11 is 5.70. The van der Waals surface area contributed by atoms with Crippen molar-refractivity contribution in [3.63, 3.8) is 0 Å². The average molecular weight is 342 g/mol. The number of hydrogen-bond acceptors (Lipinski definition) is 3. The number of thioether (sulfide) groups is 1. The van der Waals surface area contributed by atoms with Gasteiger partial charge in [0.25, 0.3) is 0 Å². The van der Waals surface area contributed by atoms with E-state index in [1.807, 2.05) is 0 Å². The summed E-state index contributed by atoms with van der Waals surface area (Å²) in [5, 5.41) is 3.62. The molecule has 0 amide bonds. The fraction of sp³-hybridized carbons (Fsp3) is 0.600. The second kappa shape index (κ2) is 5.66. The SMILES string of the molecule is CC1(CNCc2cc(Br)cc3c2OCC3)CCCS1. The first-order valence-electron chi connectivity index (χ1n) is 6.95. The molecule has 1 unspecified atom stereocenters. The largest absolute Gasteiger partial charge is 0.493 e. The van der Waals surface area contributed by atoms with Gasteiger partial charge in [0.1, 0.15) is 5.75 Å². The van der Waals surface area contributed by atoms with Crippen LogP contribution in [0, 0.1) is 0 Å². The molecular weight excluding hydrogens is 322 g/mol. The zero-order chi connectivity index (χ0) is 13.3. The summed E-state index contributed by atoms with van der Waals surface area (Å²) < 4.78 is 7.35. The van der Waals surface area contributed by atoms with E-state index in [4.69, 9.17) is 4.74 Å². The molecule has 0 saturated carbocycles. The molecule has 1 atom stereocenters. The third-order valence-electron chi connectivity index (χ3n) is 3.94. The highest BCUT2D eigenvalue weighted by Crippen LogP contribution is 2.37. The quantitative estimate of drug-likeness (QED) is 0.900. The molecule has 0 radical (unpaired) electrons. The number of hydrogen-bond donors (Lipinski definition) is 1. The fourth-order valence-electron chi connectivity index (χ4n) is 2.92. The van der Waals surface area contributed by atoms with Crippen molar-refractivity contribution in [1.82, 2.24) is 5.32 Å². The van der Waals surface area contributed by atoms with Crippen molar-refractivity contribution >= 4 is 27.7 Å². The van der Waals surface area contributed by atoms with Gasteiger partial charge in [0, 0.05) is 34.3 Å². The average Bonchev–Trinajstić information content (AvgIpc) is 2.98. The third kappa shape index (κ3) is 3.11. The smallest absolute Gasteiger partial charge is 0.127 e. The van der Waals surface area contributed by atoms with Crippen LogP contribution in [0.1, 0.15) is 30.9 Å².